The highest BCUT2D eigenvalue weighted by atomic mass is 19.1. The van der Waals surface area contributed by atoms with Crippen LogP contribution in [0.3, 0.4) is 0 Å². The van der Waals surface area contributed by atoms with E-state index in [-0.39, 0.29) is 13.3 Å². The zero-order chi connectivity index (χ0) is 23.7. The van der Waals surface area contributed by atoms with E-state index >= 15 is 0 Å². The van der Waals surface area contributed by atoms with Crippen LogP contribution in [-0.2, 0) is 0 Å². The van der Waals surface area contributed by atoms with Crippen LogP contribution in [0.25, 0.3) is 11.1 Å². The largest absolute Gasteiger partial charge is 0.496 e. The molecule has 2 aromatic carbocycles. The van der Waals surface area contributed by atoms with Gasteiger partial charge in [0.25, 0.3) is 0 Å². The Morgan fingerprint density at radius 2 is 1.94 bits per heavy atom. The number of anilines is 3. The van der Waals surface area contributed by atoms with Crippen molar-refractivity contribution in [2.45, 2.75) is 13.0 Å². The molecule has 1 unspecified atom stereocenters. The van der Waals surface area contributed by atoms with Crippen molar-refractivity contribution in [3.63, 3.8) is 0 Å². The second-order valence-electron chi connectivity index (χ2n) is 8.10. The Hall–Kier alpha value is -4.20. The summed E-state index contributed by atoms with van der Waals surface area (Å²) in [6.45, 7) is 2.39. The van der Waals surface area contributed by atoms with Crippen LogP contribution in [0.1, 0.15) is 18.7 Å². The summed E-state index contributed by atoms with van der Waals surface area (Å²) < 4.78 is 24.9. The molecule has 0 aliphatic carbocycles. The predicted octanol–water partition coefficient (Wildman–Crippen LogP) is 5.55. The van der Waals surface area contributed by atoms with Gasteiger partial charge in [-0.05, 0) is 54.4 Å². The summed E-state index contributed by atoms with van der Waals surface area (Å²) in [6, 6.07) is 16.2. The summed E-state index contributed by atoms with van der Waals surface area (Å²) in [5.74, 6) is 2.16. The van der Waals surface area contributed by atoms with E-state index in [1.165, 1.54) is 12.1 Å². The normalized spacial score (nSPS) is 14.8. The fourth-order valence-corrected chi connectivity index (χ4v) is 4.06. The van der Waals surface area contributed by atoms with E-state index in [0.717, 1.165) is 33.8 Å². The maximum absolute atomic E-state index is 13.4. The van der Waals surface area contributed by atoms with Crippen molar-refractivity contribution in [1.82, 2.24) is 15.0 Å². The first-order valence-corrected chi connectivity index (χ1v) is 10.9. The van der Waals surface area contributed by atoms with Crippen LogP contribution < -0.4 is 19.7 Å². The molecule has 1 atom stereocenters. The zero-order valence-corrected chi connectivity index (χ0v) is 19.1. The van der Waals surface area contributed by atoms with Crippen LogP contribution in [0.15, 0.2) is 67.0 Å². The van der Waals surface area contributed by atoms with Crippen molar-refractivity contribution in [2.75, 3.05) is 31.0 Å². The predicted molar refractivity (Wildman–Crippen MR) is 131 cm³/mol. The number of halogens is 1. The highest BCUT2D eigenvalue weighted by Gasteiger charge is 2.28. The number of likely N-dealkylation sites (N-methyl/N-ethyl adjacent to an activating group) is 1. The third-order valence-corrected chi connectivity index (χ3v) is 5.85. The standard InChI is InChI=1S/C26H24FN5O2.H2/c1-16-12-18(10-11-28-16)21-9-8-20(13-23(21)33-3)30-26-29-14-24-25(31-26)32(2)22(15-34-24)17-4-6-19(27)7-5-17;/h4-14,22H,15H2,1-3H3,(H,29,30,31);1H. The van der Waals surface area contributed by atoms with Gasteiger partial charge in [0.1, 0.15) is 18.2 Å². The summed E-state index contributed by atoms with van der Waals surface area (Å²) in [6.07, 6.45) is 3.45. The number of ether oxygens (including phenoxy) is 2. The number of aryl methyl sites for hydroxylation is 1. The number of nitrogens with one attached hydrogen (secondary N) is 1. The molecule has 174 valence electrons. The van der Waals surface area contributed by atoms with Crippen LogP contribution in [0, 0.1) is 12.7 Å². The Kier molecular flexibility index (Phi) is 5.71. The monoisotopic (exact) mass is 459 g/mol. The van der Waals surface area contributed by atoms with Crippen LogP contribution in [-0.4, -0.2) is 35.7 Å². The molecule has 0 amide bonds. The van der Waals surface area contributed by atoms with Crippen molar-refractivity contribution >= 4 is 17.5 Å². The van der Waals surface area contributed by atoms with E-state index in [1.807, 2.05) is 49.2 Å². The zero-order valence-electron chi connectivity index (χ0n) is 19.1. The average molecular weight is 460 g/mol. The maximum atomic E-state index is 13.4. The number of benzene rings is 2. The Morgan fingerprint density at radius 1 is 1.12 bits per heavy atom. The van der Waals surface area contributed by atoms with Crippen LogP contribution >= 0.6 is 0 Å². The maximum Gasteiger partial charge on any atom is 0.229 e. The number of pyridine rings is 1. The number of aromatic nitrogens is 3. The summed E-state index contributed by atoms with van der Waals surface area (Å²) in [5, 5.41) is 3.26. The van der Waals surface area contributed by atoms with Gasteiger partial charge < -0.3 is 19.7 Å². The third kappa shape index (κ3) is 4.22. The number of nitrogens with zero attached hydrogens (tertiary/aromatic N) is 4. The summed E-state index contributed by atoms with van der Waals surface area (Å²) in [7, 11) is 3.59. The van der Waals surface area contributed by atoms with Gasteiger partial charge in [0.15, 0.2) is 11.6 Å². The first-order valence-electron chi connectivity index (χ1n) is 10.9. The van der Waals surface area contributed by atoms with Crippen molar-refractivity contribution in [3.8, 4) is 22.6 Å². The number of hydrogen-bond acceptors (Lipinski definition) is 7. The van der Waals surface area contributed by atoms with E-state index in [1.54, 1.807) is 31.6 Å². The molecule has 0 spiro atoms. The lowest BCUT2D eigenvalue weighted by molar-refractivity contribution is 0.265. The van der Waals surface area contributed by atoms with E-state index in [0.29, 0.717) is 24.1 Å². The SMILES string of the molecule is COc1cc(Nc2ncc3c(n2)N(C)C(c2ccc(F)cc2)CO3)ccc1-c1ccnc(C)c1.[HH]. The number of rotatable bonds is 5. The molecule has 0 fully saturated rings. The molecule has 8 heteroatoms. The van der Waals surface area contributed by atoms with Gasteiger partial charge in [-0.25, -0.2) is 9.37 Å². The molecule has 2 aromatic heterocycles. The molecule has 34 heavy (non-hydrogen) atoms. The van der Waals surface area contributed by atoms with Gasteiger partial charge >= 0.3 is 0 Å². The second-order valence-corrected chi connectivity index (χ2v) is 8.10. The Morgan fingerprint density at radius 3 is 2.71 bits per heavy atom. The second kappa shape index (κ2) is 8.97. The van der Waals surface area contributed by atoms with Gasteiger partial charge in [-0.1, -0.05) is 12.1 Å². The van der Waals surface area contributed by atoms with Gasteiger partial charge in [-0.3, -0.25) is 4.98 Å². The highest BCUT2D eigenvalue weighted by Crippen LogP contribution is 2.38. The first-order chi connectivity index (χ1) is 16.5. The van der Waals surface area contributed by atoms with Crippen molar-refractivity contribution in [2.24, 2.45) is 0 Å². The minimum atomic E-state index is -0.266. The van der Waals surface area contributed by atoms with Gasteiger partial charge in [0, 0.05) is 37.7 Å². The fourth-order valence-electron chi connectivity index (χ4n) is 4.06. The van der Waals surface area contributed by atoms with E-state index in [4.69, 9.17) is 9.47 Å². The van der Waals surface area contributed by atoms with Gasteiger partial charge in [-0.2, -0.15) is 4.98 Å². The molecule has 3 heterocycles. The minimum absolute atomic E-state index is 0. The van der Waals surface area contributed by atoms with Crippen LogP contribution in [0.2, 0.25) is 0 Å². The fraction of sp³-hybridized carbons (Fsp3) is 0.192. The van der Waals surface area contributed by atoms with E-state index < -0.39 is 0 Å². The molecule has 0 bridgehead atoms. The lowest BCUT2D eigenvalue weighted by Crippen LogP contribution is -2.34. The topological polar surface area (TPSA) is 72.4 Å². The third-order valence-electron chi connectivity index (χ3n) is 5.85. The van der Waals surface area contributed by atoms with Crippen molar-refractivity contribution in [3.05, 3.63) is 84.1 Å². The molecule has 5 rings (SSSR count). The summed E-state index contributed by atoms with van der Waals surface area (Å²) in [4.78, 5) is 15.4. The molecule has 0 saturated heterocycles. The quantitative estimate of drug-likeness (QED) is 0.419. The Balaban J connectivity index is 0.00000289. The van der Waals surface area contributed by atoms with Crippen LogP contribution in [0.5, 0.6) is 11.5 Å². The molecule has 1 aliphatic heterocycles. The van der Waals surface area contributed by atoms with Crippen LogP contribution in [0.4, 0.5) is 21.8 Å². The molecule has 4 aromatic rings. The Bertz CT molecular complexity index is 1340. The molecule has 0 radical (unpaired) electrons. The molecule has 1 N–H and O–H groups in total. The van der Waals surface area contributed by atoms with E-state index in [9.17, 15) is 4.39 Å². The molecular weight excluding hydrogens is 433 g/mol. The summed E-state index contributed by atoms with van der Waals surface area (Å²) >= 11 is 0. The number of methoxy groups -OCH3 is 1. The lowest BCUT2D eigenvalue weighted by atomic mass is 10.0. The summed E-state index contributed by atoms with van der Waals surface area (Å²) in [5.41, 5.74) is 4.69. The highest BCUT2D eigenvalue weighted by molar-refractivity contribution is 5.74. The molecule has 1 aliphatic rings. The van der Waals surface area contributed by atoms with Crippen molar-refractivity contribution in [1.29, 1.82) is 0 Å². The molecule has 0 saturated carbocycles. The Labute approximate surface area is 198 Å². The van der Waals surface area contributed by atoms with Crippen molar-refractivity contribution < 1.29 is 15.3 Å². The van der Waals surface area contributed by atoms with Gasteiger partial charge in [-0.15, -0.1) is 0 Å². The number of fused-ring (bicyclic) bond motifs is 1. The van der Waals surface area contributed by atoms with E-state index in [2.05, 4.69) is 20.3 Å². The lowest BCUT2D eigenvalue weighted by Gasteiger charge is -2.35. The van der Waals surface area contributed by atoms with Gasteiger partial charge in [0.05, 0.1) is 19.3 Å². The number of hydrogen-bond donors (Lipinski definition) is 1. The minimum Gasteiger partial charge on any atom is -0.496 e. The first kappa shape index (κ1) is 21.6. The molecule has 7 nitrogen and oxygen atoms in total. The smallest absolute Gasteiger partial charge is 0.229 e. The van der Waals surface area contributed by atoms with Gasteiger partial charge in [0.2, 0.25) is 5.95 Å². The molecular formula is C26H26FN5O2. The average Bonchev–Trinajstić information content (AvgIpc) is 2.85.